The molecule has 0 aromatic heterocycles. The monoisotopic (exact) mass is 525 g/mol. The highest BCUT2D eigenvalue weighted by Crippen LogP contribution is 2.66. The summed E-state index contributed by atoms with van der Waals surface area (Å²) in [4.78, 5) is 15.2. The number of ether oxygens (including phenoxy) is 1. The number of aliphatic hydroxyl groups is 2. The van der Waals surface area contributed by atoms with Crippen molar-refractivity contribution in [3.8, 4) is 0 Å². The lowest BCUT2D eigenvalue weighted by Gasteiger charge is -2.61. The molecule has 0 aromatic carbocycles. The molecule has 5 heteroatoms. The van der Waals surface area contributed by atoms with Crippen molar-refractivity contribution in [2.75, 3.05) is 19.7 Å². The quantitative estimate of drug-likeness (QED) is 0.430. The Morgan fingerprint density at radius 3 is 2.50 bits per heavy atom. The molecule has 7 rings (SSSR count). The number of nitrogens with zero attached hydrogens (tertiary/aromatic N) is 1. The van der Waals surface area contributed by atoms with E-state index in [1.54, 1.807) is 0 Å². The molecule has 0 unspecified atom stereocenters. The summed E-state index contributed by atoms with van der Waals surface area (Å²) < 4.78 is 5.57. The molecule has 0 aromatic rings. The number of allylic oxidation sites excluding steroid dienone is 3. The van der Waals surface area contributed by atoms with Gasteiger partial charge in [0.25, 0.3) is 0 Å². The number of fused-ring (bicyclic) bond motifs is 7. The van der Waals surface area contributed by atoms with Crippen molar-refractivity contribution < 1.29 is 19.7 Å². The lowest BCUT2D eigenvalue weighted by Crippen LogP contribution is -2.59. The zero-order valence-electron chi connectivity index (χ0n) is 24.5. The topological polar surface area (TPSA) is 70.0 Å². The molecule has 0 heterocycles. The van der Waals surface area contributed by atoms with Crippen LogP contribution in [0.2, 0.25) is 0 Å². The number of amides is 1. The van der Waals surface area contributed by atoms with Crippen molar-refractivity contribution >= 4 is 6.09 Å². The first-order chi connectivity index (χ1) is 17.9. The molecule has 5 nitrogen and oxygen atoms in total. The number of aliphatic hydroxyl groups excluding tert-OH is 1. The summed E-state index contributed by atoms with van der Waals surface area (Å²) in [6, 6.07) is 0. The second-order valence-electron chi connectivity index (χ2n) is 15.1. The number of hydrogen-bond donors (Lipinski definition) is 2. The van der Waals surface area contributed by atoms with Crippen LogP contribution < -0.4 is 0 Å². The minimum absolute atomic E-state index is 0.136. The summed E-state index contributed by atoms with van der Waals surface area (Å²) in [6.45, 7) is 12.9. The molecule has 38 heavy (non-hydrogen) atoms. The fourth-order valence-corrected chi connectivity index (χ4v) is 10.6. The number of hydrogen-bond acceptors (Lipinski definition) is 4. The van der Waals surface area contributed by atoms with E-state index in [9.17, 15) is 15.0 Å². The van der Waals surface area contributed by atoms with Crippen LogP contribution >= 0.6 is 0 Å². The molecule has 0 saturated heterocycles. The summed E-state index contributed by atoms with van der Waals surface area (Å²) in [7, 11) is 0. The van der Waals surface area contributed by atoms with Crippen LogP contribution in [0.3, 0.4) is 0 Å². The van der Waals surface area contributed by atoms with Crippen molar-refractivity contribution in [3.05, 3.63) is 23.3 Å². The summed E-state index contributed by atoms with van der Waals surface area (Å²) >= 11 is 0. The summed E-state index contributed by atoms with van der Waals surface area (Å²) in [5.74, 6) is 2.85. The van der Waals surface area contributed by atoms with Gasteiger partial charge in [-0.3, -0.25) is 0 Å². The van der Waals surface area contributed by atoms with Gasteiger partial charge in [-0.15, -0.1) is 0 Å². The average molecular weight is 526 g/mol. The Morgan fingerprint density at radius 1 is 1.03 bits per heavy atom. The Morgan fingerprint density at radius 2 is 1.79 bits per heavy atom. The summed E-state index contributed by atoms with van der Waals surface area (Å²) in [5.41, 5.74) is 2.29. The second-order valence-corrected chi connectivity index (χ2v) is 15.1. The van der Waals surface area contributed by atoms with Gasteiger partial charge in [-0.25, -0.2) is 4.79 Å². The molecule has 0 aliphatic heterocycles. The lowest BCUT2D eigenvalue weighted by atomic mass is 9.45. The maximum Gasteiger partial charge on any atom is 0.409 e. The van der Waals surface area contributed by atoms with E-state index in [0.29, 0.717) is 48.8 Å². The van der Waals surface area contributed by atoms with Gasteiger partial charge in [0.1, 0.15) is 0 Å². The third-order valence-electron chi connectivity index (χ3n) is 13.3. The van der Waals surface area contributed by atoms with Crippen molar-refractivity contribution in [2.45, 2.75) is 111 Å². The SMILES string of the molecule is CCOC(=O)N(C[C@@H]1CC[C@H]2C[C@@H]1C2(C)C)C[C@]1(O)CC[C@H]2C3=CC=C4C[C@@H](O)CC[C@]4(C)[C@H]3CC[C@@]21C. The van der Waals surface area contributed by atoms with Crippen LogP contribution in [0.5, 0.6) is 0 Å². The highest BCUT2D eigenvalue weighted by molar-refractivity contribution is 5.67. The van der Waals surface area contributed by atoms with Gasteiger partial charge in [0.05, 0.1) is 24.9 Å². The Balaban J connectivity index is 1.24. The fourth-order valence-electron chi connectivity index (χ4n) is 10.6. The fraction of sp³-hybridized carbons (Fsp3) is 0.848. The molecule has 9 atom stereocenters. The maximum atomic E-state index is 13.3. The number of rotatable bonds is 5. The van der Waals surface area contributed by atoms with Gasteiger partial charge in [0.2, 0.25) is 0 Å². The first kappa shape index (κ1) is 26.9. The smallest absolute Gasteiger partial charge is 0.409 e. The standard InChI is InChI=1S/C33H51NO4/c1-6-38-29(36)34(19-21-7-8-22-18-28(21)30(22,2)3)20-33(37)16-13-27-25-10-9-23-17-24(35)11-14-31(23,4)26(25)12-15-32(27,33)5/h9-10,21-22,24,26-28,35,37H,6-8,11-20H2,1-5H3/t21-,22-,24-,26-,27-,28-,31-,32-,33+/m0/s1. The average Bonchev–Trinajstić information content (AvgIpc) is 3.14. The molecule has 7 aliphatic carbocycles. The van der Waals surface area contributed by atoms with Gasteiger partial charge < -0.3 is 19.8 Å². The van der Waals surface area contributed by atoms with E-state index >= 15 is 0 Å². The van der Waals surface area contributed by atoms with Gasteiger partial charge >= 0.3 is 6.09 Å². The molecule has 6 saturated carbocycles. The Hall–Kier alpha value is -1.33. The van der Waals surface area contributed by atoms with Gasteiger partial charge in [-0.2, -0.15) is 0 Å². The highest BCUT2D eigenvalue weighted by atomic mass is 16.6. The van der Waals surface area contributed by atoms with Crippen molar-refractivity contribution in [1.82, 2.24) is 4.90 Å². The summed E-state index contributed by atoms with van der Waals surface area (Å²) in [6.07, 6.45) is 14.5. The van der Waals surface area contributed by atoms with Crippen LogP contribution in [0, 0.1) is 45.8 Å². The van der Waals surface area contributed by atoms with Crippen LogP contribution in [0.1, 0.15) is 98.8 Å². The molecule has 2 bridgehead atoms. The van der Waals surface area contributed by atoms with E-state index in [1.807, 2.05) is 11.8 Å². The molecule has 212 valence electrons. The third kappa shape index (κ3) is 3.80. The molecule has 6 fully saturated rings. The third-order valence-corrected chi connectivity index (χ3v) is 13.3. The van der Waals surface area contributed by atoms with Gasteiger partial charge in [0, 0.05) is 12.0 Å². The molecular formula is C33H51NO4. The van der Waals surface area contributed by atoms with Crippen LogP contribution in [0.25, 0.3) is 0 Å². The van der Waals surface area contributed by atoms with E-state index in [1.165, 1.54) is 30.4 Å². The van der Waals surface area contributed by atoms with E-state index in [0.717, 1.165) is 50.9 Å². The van der Waals surface area contributed by atoms with Crippen LogP contribution in [-0.4, -0.2) is 52.6 Å². The Kier molecular flexibility index (Phi) is 6.43. The van der Waals surface area contributed by atoms with E-state index in [2.05, 4.69) is 39.8 Å². The molecule has 2 N–H and O–H groups in total. The van der Waals surface area contributed by atoms with Gasteiger partial charge in [-0.1, -0.05) is 51.0 Å². The minimum atomic E-state index is -0.907. The van der Waals surface area contributed by atoms with Gasteiger partial charge in [-0.05, 0) is 112 Å². The van der Waals surface area contributed by atoms with E-state index in [4.69, 9.17) is 4.74 Å². The van der Waals surface area contributed by atoms with Gasteiger partial charge in [0.15, 0.2) is 0 Å². The highest BCUT2D eigenvalue weighted by Gasteiger charge is 2.63. The van der Waals surface area contributed by atoms with Crippen LogP contribution in [-0.2, 0) is 4.74 Å². The molecular weight excluding hydrogens is 474 g/mol. The predicted octanol–water partition coefficient (Wildman–Crippen LogP) is 6.49. The van der Waals surface area contributed by atoms with Crippen molar-refractivity contribution in [2.24, 2.45) is 45.8 Å². The first-order valence-corrected chi connectivity index (χ1v) is 15.7. The van der Waals surface area contributed by atoms with E-state index < -0.39 is 5.60 Å². The maximum absolute atomic E-state index is 13.3. The molecule has 0 radical (unpaired) electrons. The normalized spacial score (nSPS) is 46.5. The first-order valence-electron chi connectivity index (χ1n) is 15.7. The van der Waals surface area contributed by atoms with E-state index in [-0.39, 0.29) is 23.0 Å². The van der Waals surface area contributed by atoms with Crippen molar-refractivity contribution in [1.29, 1.82) is 0 Å². The van der Waals surface area contributed by atoms with Crippen LogP contribution in [0.15, 0.2) is 23.3 Å². The summed E-state index contributed by atoms with van der Waals surface area (Å²) in [5, 5.41) is 22.8. The molecule has 7 aliphatic rings. The van der Waals surface area contributed by atoms with Crippen LogP contribution in [0.4, 0.5) is 4.79 Å². The Bertz CT molecular complexity index is 1030. The minimum Gasteiger partial charge on any atom is -0.450 e. The predicted molar refractivity (Wildman–Crippen MR) is 149 cm³/mol. The molecule has 1 amide bonds. The number of carbonyl (C=O) groups excluding carboxylic acids is 1. The Labute approximate surface area is 230 Å². The zero-order valence-corrected chi connectivity index (χ0v) is 24.5. The number of carbonyl (C=O) groups is 1. The largest absolute Gasteiger partial charge is 0.450 e. The van der Waals surface area contributed by atoms with Crippen molar-refractivity contribution in [3.63, 3.8) is 0 Å². The molecule has 0 spiro atoms. The zero-order chi connectivity index (χ0) is 27.1. The second kappa shape index (κ2) is 9.09. The lowest BCUT2D eigenvalue weighted by molar-refractivity contribution is -0.124.